The van der Waals surface area contributed by atoms with E-state index in [0.717, 1.165) is 28.9 Å². The van der Waals surface area contributed by atoms with E-state index in [1.54, 1.807) is 16.7 Å². The topological polar surface area (TPSA) is 49.4 Å². The van der Waals surface area contributed by atoms with Gasteiger partial charge < -0.3 is 10.2 Å². The van der Waals surface area contributed by atoms with Gasteiger partial charge in [0, 0.05) is 24.8 Å². The number of aryl methyl sites for hydroxylation is 1. The Morgan fingerprint density at radius 1 is 0.886 bits per heavy atom. The second-order valence-electron chi connectivity index (χ2n) is 8.95. The van der Waals surface area contributed by atoms with Crippen molar-refractivity contribution in [2.75, 3.05) is 5.75 Å². The Labute approximate surface area is 214 Å². The molecule has 5 heteroatoms. The van der Waals surface area contributed by atoms with Crippen LogP contribution in [0.15, 0.2) is 84.9 Å². The summed E-state index contributed by atoms with van der Waals surface area (Å²) in [6.07, 6.45) is 1.31. The number of amides is 2. The molecular weight excluding hydrogens is 452 g/mol. The van der Waals surface area contributed by atoms with E-state index in [9.17, 15) is 9.59 Å². The molecule has 2 atom stereocenters. The molecule has 3 aromatic rings. The molecule has 0 heterocycles. The van der Waals surface area contributed by atoms with Crippen molar-refractivity contribution in [1.82, 2.24) is 10.2 Å². The molecule has 0 unspecified atom stereocenters. The molecule has 0 saturated carbocycles. The van der Waals surface area contributed by atoms with Gasteiger partial charge in [-0.05, 0) is 42.5 Å². The van der Waals surface area contributed by atoms with Gasteiger partial charge in [-0.15, -0.1) is 11.8 Å². The molecule has 2 amide bonds. The molecular formula is C30H36N2O2S. The lowest BCUT2D eigenvalue weighted by molar-refractivity contribution is -0.139. The highest BCUT2D eigenvalue weighted by Crippen LogP contribution is 2.20. The van der Waals surface area contributed by atoms with Gasteiger partial charge in [0.25, 0.3) is 0 Å². The maximum absolute atomic E-state index is 13.7. The summed E-state index contributed by atoms with van der Waals surface area (Å²) in [7, 11) is 0. The second-order valence-corrected chi connectivity index (χ2v) is 9.94. The van der Waals surface area contributed by atoms with E-state index >= 15 is 0 Å². The first kappa shape index (κ1) is 26.6. The zero-order valence-corrected chi connectivity index (χ0v) is 21.8. The van der Waals surface area contributed by atoms with Crippen LogP contribution < -0.4 is 5.32 Å². The molecule has 0 radical (unpaired) electrons. The van der Waals surface area contributed by atoms with Crippen LogP contribution in [-0.4, -0.2) is 34.6 Å². The maximum Gasteiger partial charge on any atom is 0.243 e. The van der Waals surface area contributed by atoms with Crippen LogP contribution in [0.5, 0.6) is 0 Å². The second kappa shape index (κ2) is 13.7. The summed E-state index contributed by atoms with van der Waals surface area (Å²) in [5.41, 5.74) is 4.40. The zero-order chi connectivity index (χ0) is 25.0. The molecule has 0 saturated heterocycles. The average Bonchev–Trinajstić information content (AvgIpc) is 2.88. The molecule has 0 fully saturated rings. The maximum atomic E-state index is 13.7. The zero-order valence-electron chi connectivity index (χ0n) is 20.9. The number of hydrogen-bond acceptors (Lipinski definition) is 3. The first-order valence-electron chi connectivity index (χ1n) is 12.3. The number of carbonyl (C=O) groups is 2. The van der Waals surface area contributed by atoms with E-state index in [-0.39, 0.29) is 17.9 Å². The third-order valence-electron chi connectivity index (χ3n) is 6.21. The molecule has 0 aliphatic carbocycles. The van der Waals surface area contributed by atoms with Gasteiger partial charge in [-0.2, -0.15) is 0 Å². The fourth-order valence-electron chi connectivity index (χ4n) is 3.88. The van der Waals surface area contributed by atoms with Gasteiger partial charge in [-0.1, -0.05) is 91.9 Å². The van der Waals surface area contributed by atoms with E-state index in [4.69, 9.17) is 0 Å². The lowest BCUT2D eigenvalue weighted by Gasteiger charge is -2.32. The van der Waals surface area contributed by atoms with Crippen LogP contribution in [0.3, 0.4) is 0 Å². The molecule has 0 aliphatic rings. The predicted molar refractivity (Wildman–Crippen MR) is 146 cm³/mol. The van der Waals surface area contributed by atoms with Crippen molar-refractivity contribution >= 4 is 23.6 Å². The highest BCUT2D eigenvalue weighted by molar-refractivity contribution is 7.99. The number of hydrogen-bond donors (Lipinski definition) is 1. The van der Waals surface area contributed by atoms with Crippen molar-refractivity contribution in [2.45, 2.75) is 58.0 Å². The Morgan fingerprint density at radius 3 is 2.11 bits per heavy atom. The minimum atomic E-state index is -0.587. The third kappa shape index (κ3) is 8.29. The average molecular weight is 489 g/mol. The van der Waals surface area contributed by atoms with Crippen LogP contribution in [0, 0.1) is 6.92 Å². The van der Waals surface area contributed by atoms with E-state index in [0.29, 0.717) is 18.7 Å². The minimum absolute atomic E-state index is 0.0191. The van der Waals surface area contributed by atoms with E-state index in [1.807, 2.05) is 93.6 Å². The molecule has 3 rings (SSSR count). The summed E-state index contributed by atoms with van der Waals surface area (Å²) in [5.74, 6) is 0.961. The van der Waals surface area contributed by atoms with Crippen LogP contribution in [0.25, 0.3) is 0 Å². The molecule has 0 spiro atoms. The van der Waals surface area contributed by atoms with Crippen molar-refractivity contribution < 1.29 is 9.59 Å². The number of nitrogens with one attached hydrogen (secondary N) is 1. The third-order valence-corrected chi connectivity index (χ3v) is 7.20. The van der Waals surface area contributed by atoms with Gasteiger partial charge in [-0.3, -0.25) is 9.59 Å². The molecule has 184 valence electrons. The van der Waals surface area contributed by atoms with Crippen LogP contribution in [0.2, 0.25) is 0 Å². The molecule has 0 aromatic heterocycles. The Kier molecular flexibility index (Phi) is 10.4. The van der Waals surface area contributed by atoms with Crippen molar-refractivity contribution in [1.29, 1.82) is 0 Å². The molecule has 4 nitrogen and oxygen atoms in total. The van der Waals surface area contributed by atoms with Crippen LogP contribution in [-0.2, 0) is 28.3 Å². The number of rotatable bonds is 12. The van der Waals surface area contributed by atoms with Gasteiger partial charge in [0.15, 0.2) is 0 Å². The summed E-state index contributed by atoms with van der Waals surface area (Å²) in [6.45, 7) is 6.50. The van der Waals surface area contributed by atoms with Crippen LogP contribution in [0.4, 0.5) is 0 Å². The summed E-state index contributed by atoms with van der Waals surface area (Å²) >= 11 is 1.59. The van der Waals surface area contributed by atoms with E-state index in [1.165, 1.54) is 5.56 Å². The summed E-state index contributed by atoms with van der Waals surface area (Å²) in [5, 5.41) is 3.13. The van der Waals surface area contributed by atoms with Crippen molar-refractivity contribution in [3.63, 3.8) is 0 Å². The fourth-order valence-corrected chi connectivity index (χ4v) is 4.75. The summed E-state index contributed by atoms with van der Waals surface area (Å²) in [4.78, 5) is 29.0. The van der Waals surface area contributed by atoms with E-state index < -0.39 is 6.04 Å². The largest absolute Gasteiger partial charge is 0.352 e. The molecule has 0 bridgehead atoms. The minimum Gasteiger partial charge on any atom is -0.352 e. The highest BCUT2D eigenvalue weighted by atomic mass is 32.2. The standard InChI is InChI=1S/C30H36N2O2S/c1-4-24(3)31-30(34)28(19-25-14-7-5-8-15-25)32(20-27-18-12-11-13-23(27)2)29(33)22-35-21-26-16-9-6-10-17-26/h5-18,24,28H,4,19-22H2,1-3H3,(H,31,34)/t24-,28-/m1/s1. The summed E-state index contributed by atoms with van der Waals surface area (Å²) in [6, 6.07) is 27.6. The number of nitrogens with zero attached hydrogens (tertiary/aromatic N) is 1. The molecule has 1 N–H and O–H groups in total. The Morgan fingerprint density at radius 2 is 1.49 bits per heavy atom. The van der Waals surface area contributed by atoms with Crippen molar-refractivity contribution in [2.24, 2.45) is 0 Å². The fraction of sp³-hybridized carbons (Fsp3) is 0.333. The Bertz CT molecular complexity index is 1070. The smallest absolute Gasteiger partial charge is 0.243 e. The monoisotopic (exact) mass is 488 g/mol. The molecule has 0 aliphatic heterocycles. The Balaban J connectivity index is 1.87. The van der Waals surface area contributed by atoms with Gasteiger partial charge in [0.2, 0.25) is 11.8 Å². The number of carbonyl (C=O) groups excluding carboxylic acids is 2. The number of benzene rings is 3. The van der Waals surface area contributed by atoms with Crippen molar-refractivity contribution in [3.8, 4) is 0 Å². The van der Waals surface area contributed by atoms with Gasteiger partial charge >= 0.3 is 0 Å². The SMILES string of the molecule is CC[C@@H](C)NC(=O)[C@@H](Cc1ccccc1)N(Cc1ccccc1C)C(=O)CSCc1ccccc1. The van der Waals surface area contributed by atoms with E-state index in [2.05, 4.69) is 17.4 Å². The predicted octanol–water partition coefficient (Wildman–Crippen LogP) is 5.78. The first-order valence-corrected chi connectivity index (χ1v) is 13.4. The Hall–Kier alpha value is -3.05. The van der Waals surface area contributed by atoms with Crippen molar-refractivity contribution in [3.05, 3.63) is 107 Å². The lowest BCUT2D eigenvalue weighted by atomic mass is 10.0. The first-order chi connectivity index (χ1) is 17.0. The quantitative estimate of drug-likeness (QED) is 0.351. The molecule has 35 heavy (non-hydrogen) atoms. The highest BCUT2D eigenvalue weighted by Gasteiger charge is 2.31. The molecule has 3 aromatic carbocycles. The normalized spacial score (nSPS) is 12.5. The van der Waals surface area contributed by atoms with Gasteiger partial charge in [0.05, 0.1) is 5.75 Å². The number of thioether (sulfide) groups is 1. The van der Waals surface area contributed by atoms with Crippen LogP contribution >= 0.6 is 11.8 Å². The summed E-state index contributed by atoms with van der Waals surface area (Å²) < 4.78 is 0. The van der Waals surface area contributed by atoms with Crippen LogP contribution in [0.1, 0.15) is 42.5 Å². The van der Waals surface area contributed by atoms with Gasteiger partial charge in [-0.25, -0.2) is 0 Å². The van der Waals surface area contributed by atoms with Gasteiger partial charge in [0.1, 0.15) is 6.04 Å². The lowest BCUT2D eigenvalue weighted by Crippen LogP contribution is -2.52.